The Morgan fingerprint density at radius 3 is 1.90 bits per heavy atom. The van der Waals surface area contributed by atoms with E-state index >= 15 is 0 Å². The second kappa shape index (κ2) is 6.04. The molecule has 0 fully saturated rings. The van der Waals surface area contributed by atoms with E-state index in [1.807, 2.05) is 0 Å². The summed E-state index contributed by atoms with van der Waals surface area (Å²) in [6.07, 6.45) is -4.42. The molecule has 0 saturated heterocycles. The summed E-state index contributed by atoms with van der Waals surface area (Å²) in [5.74, 6) is 0.526. The largest absolute Gasteiger partial charge is 0.497 e. The lowest BCUT2D eigenvalue weighted by Gasteiger charge is -2.16. The molecule has 4 heteroatoms. The van der Waals surface area contributed by atoms with Gasteiger partial charge in [-0.1, -0.05) is 42.5 Å². The SMILES string of the molecule is COc1ccc(/C(=C(\C)c2ccccc2)C(F)(F)F)cc1. The van der Waals surface area contributed by atoms with Gasteiger partial charge in [-0.15, -0.1) is 0 Å². The number of hydrogen-bond acceptors (Lipinski definition) is 1. The summed E-state index contributed by atoms with van der Waals surface area (Å²) in [6.45, 7) is 1.49. The number of benzene rings is 2. The van der Waals surface area contributed by atoms with Gasteiger partial charge in [0.1, 0.15) is 5.75 Å². The summed E-state index contributed by atoms with van der Waals surface area (Å²) in [7, 11) is 1.48. The lowest BCUT2D eigenvalue weighted by atomic mass is 9.95. The van der Waals surface area contributed by atoms with Gasteiger partial charge >= 0.3 is 6.18 Å². The van der Waals surface area contributed by atoms with Gasteiger partial charge in [-0.25, -0.2) is 0 Å². The highest BCUT2D eigenvalue weighted by Crippen LogP contribution is 2.39. The summed E-state index contributed by atoms with van der Waals surface area (Å²) in [4.78, 5) is 0. The molecular formula is C17H15F3O. The van der Waals surface area contributed by atoms with Crippen LogP contribution < -0.4 is 4.74 Å². The normalized spacial score (nSPS) is 12.8. The highest BCUT2D eigenvalue weighted by Gasteiger charge is 2.36. The first kappa shape index (κ1) is 15.2. The van der Waals surface area contributed by atoms with Gasteiger partial charge in [0, 0.05) is 0 Å². The van der Waals surface area contributed by atoms with Crippen molar-refractivity contribution in [1.82, 2.24) is 0 Å². The van der Waals surface area contributed by atoms with Gasteiger partial charge in [-0.2, -0.15) is 13.2 Å². The minimum absolute atomic E-state index is 0.129. The third kappa shape index (κ3) is 3.45. The van der Waals surface area contributed by atoms with Gasteiger partial charge in [-0.05, 0) is 35.8 Å². The van der Waals surface area contributed by atoms with Crippen molar-refractivity contribution in [2.45, 2.75) is 13.1 Å². The highest BCUT2D eigenvalue weighted by molar-refractivity contribution is 5.92. The number of alkyl halides is 3. The van der Waals surface area contributed by atoms with Crippen LogP contribution in [0.5, 0.6) is 5.75 Å². The number of halogens is 3. The predicted octanol–water partition coefficient (Wildman–Crippen LogP) is 5.19. The van der Waals surface area contributed by atoms with Crippen LogP contribution in [-0.2, 0) is 0 Å². The van der Waals surface area contributed by atoms with E-state index in [-0.39, 0.29) is 11.1 Å². The van der Waals surface area contributed by atoms with Crippen molar-refractivity contribution in [1.29, 1.82) is 0 Å². The number of ether oxygens (including phenoxy) is 1. The molecule has 0 atom stereocenters. The zero-order valence-corrected chi connectivity index (χ0v) is 11.7. The maximum atomic E-state index is 13.4. The van der Waals surface area contributed by atoms with Gasteiger partial charge in [0.05, 0.1) is 12.7 Å². The second-order valence-electron chi connectivity index (χ2n) is 4.59. The molecule has 0 bridgehead atoms. The van der Waals surface area contributed by atoms with E-state index in [0.717, 1.165) is 0 Å². The summed E-state index contributed by atoms with van der Waals surface area (Å²) in [6, 6.07) is 14.5. The molecule has 0 heterocycles. The molecule has 0 aliphatic heterocycles. The van der Waals surface area contributed by atoms with Crippen LogP contribution in [0.4, 0.5) is 13.2 Å². The summed E-state index contributed by atoms with van der Waals surface area (Å²) in [5, 5.41) is 0. The van der Waals surface area contributed by atoms with Crippen LogP contribution in [0.15, 0.2) is 54.6 Å². The topological polar surface area (TPSA) is 9.23 Å². The number of rotatable bonds is 3. The second-order valence-corrected chi connectivity index (χ2v) is 4.59. The van der Waals surface area contributed by atoms with Crippen molar-refractivity contribution in [2.75, 3.05) is 7.11 Å². The third-order valence-electron chi connectivity index (χ3n) is 3.24. The average molecular weight is 292 g/mol. The summed E-state index contributed by atoms with van der Waals surface area (Å²) < 4.78 is 45.3. The molecule has 0 N–H and O–H groups in total. The molecule has 2 aromatic rings. The number of allylic oxidation sites excluding steroid dienone is 2. The quantitative estimate of drug-likeness (QED) is 0.707. The van der Waals surface area contributed by atoms with E-state index in [2.05, 4.69) is 0 Å². The van der Waals surface area contributed by atoms with Gasteiger partial charge in [0.2, 0.25) is 0 Å². The van der Waals surface area contributed by atoms with E-state index in [1.54, 1.807) is 30.3 Å². The molecule has 0 saturated carbocycles. The Morgan fingerprint density at radius 1 is 0.857 bits per heavy atom. The molecule has 0 aromatic heterocycles. The maximum absolute atomic E-state index is 13.4. The first-order chi connectivity index (χ1) is 9.93. The fourth-order valence-corrected chi connectivity index (χ4v) is 2.18. The molecule has 2 rings (SSSR count). The average Bonchev–Trinajstić information content (AvgIpc) is 2.47. The van der Waals surface area contributed by atoms with Crippen LogP contribution in [-0.4, -0.2) is 13.3 Å². The monoisotopic (exact) mass is 292 g/mol. The van der Waals surface area contributed by atoms with E-state index < -0.39 is 11.7 Å². The standard InChI is InChI=1S/C17H15F3O/c1-12(13-6-4-3-5-7-13)16(17(18,19)20)14-8-10-15(21-2)11-9-14/h3-11H,1-2H3/b16-12-. The van der Waals surface area contributed by atoms with Gasteiger partial charge in [0.25, 0.3) is 0 Å². The minimum atomic E-state index is -4.42. The molecule has 0 aliphatic carbocycles. The lowest BCUT2D eigenvalue weighted by molar-refractivity contribution is -0.0685. The van der Waals surface area contributed by atoms with Crippen molar-refractivity contribution in [3.63, 3.8) is 0 Å². The van der Waals surface area contributed by atoms with E-state index in [0.29, 0.717) is 11.3 Å². The summed E-state index contributed by atoms with van der Waals surface area (Å²) >= 11 is 0. The van der Waals surface area contributed by atoms with Crippen LogP contribution in [0.25, 0.3) is 11.1 Å². The Balaban J connectivity index is 2.58. The molecule has 2 aromatic carbocycles. The Kier molecular flexibility index (Phi) is 4.36. The number of methoxy groups -OCH3 is 1. The van der Waals surface area contributed by atoms with Crippen molar-refractivity contribution >= 4 is 11.1 Å². The minimum Gasteiger partial charge on any atom is -0.497 e. The van der Waals surface area contributed by atoms with Gasteiger partial charge in [0.15, 0.2) is 0 Å². The van der Waals surface area contributed by atoms with E-state index in [9.17, 15) is 13.2 Å². The molecule has 21 heavy (non-hydrogen) atoms. The fraction of sp³-hybridized carbons (Fsp3) is 0.176. The van der Waals surface area contributed by atoms with Crippen molar-refractivity contribution in [3.8, 4) is 5.75 Å². The molecule has 0 aliphatic rings. The van der Waals surface area contributed by atoms with Crippen LogP contribution >= 0.6 is 0 Å². The number of hydrogen-bond donors (Lipinski definition) is 0. The van der Waals surface area contributed by atoms with Crippen molar-refractivity contribution in [3.05, 3.63) is 65.7 Å². The van der Waals surface area contributed by atoms with Crippen LogP contribution in [0.2, 0.25) is 0 Å². The third-order valence-corrected chi connectivity index (χ3v) is 3.24. The molecule has 110 valence electrons. The Bertz CT molecular complexity index is 625. The lowest BCUT2D eigenvalue weighted by Crippen LogP contribution is -2.12. The van der Waals surface area contributed by atoms with Crippen molar-refractivity contribution in [2.24, 2.45) is 0 Å². The first-order valence-electron chi connectivity index (χ1n) is 6.41. The Hall–Kier alpha value is -2.23. The molecule has 0 radical (unpaired) electrons. The maximum Gasteiger partial charge on any atom is 0.417 e. The first-order valence-corrected chi connectivity index (χ1v) is 6.41. The fourth-order valence-electron chi connectivity index (χ4n) is 2.18. The van der Waals surface area contributed by atoms with Gasteiger partial charge in [-0.3, -0.25) is 0 Å². The molecule has 1 nitrogen and oxygen atoms in total. The molecular weight excluding hydrogens is 277 g/mol. The van der Waals surface area contributed by atoms with Crippen LogP contribution in [0.1, 0.15) is 18.1 Å². The van der Waals surface area contributed by atoms with Crippen LogP contribution in [0.3, 0.4) is 0 Å². The molecule has 0 amide bonds. The van der Waals surface area contributed by atoms with Crippen molar-refractivity contribution < 1.29 is 17.9 Å². The van der Waals surface area contributed by atoms with E-state index in [4.69, 9.17) is 4.74 Å². The molecule has 0 spiro atoms. The predicted molar refractivity (Wildman–Crippen MR) is 78.0 cm³/mol. The zero-order chi connectivity index (χ0) is 15.5. The van der Waals surface area contributed by atoms with Gasteiger partial charge < -0.3 is 4.74 Å². The van der Waals surface area contributed by atoms with E-state index in [1.165, 1.54) is 38.3 Å². The van der Waals surface area contributed by atoms with Crippen LogP contribution in [0, 0.1) is 0 Å². The Morgan fingerprint density at radius 2 is 1.43 bits per heavy atom. The Labute approximate surface area is 121 Å². The molecule has 0 unspecified atom stereocenters. The smallest absolute Gasteiger partial charge is 0.417 e. The summed E-state index contributed by atoms with van der Waals surface area (Å²) in [5.41, 5.74) is 0.259. The highest BCUT2D eigenvalue weighted by atomic mass is 19.4. The zero-order valence-electron chi connectivity index (χ0n) is 11.7.